The topological polar surface area (TPSA) is 24.9 Å². The van der Waals surface area contributed by atoms with Gasteiger partial charge >= 0.3 is 6.18 Å². The van der Waals surface area contributed by atoms with Crippen LogP contribution in [0.5, 0.6) is 0 Å². The molecule has 1 aliphatic rings. The number of hydrogen-bond donors (Lipinski definition) is 1. The first-order chi connectivity index (χ1) is 9.57. The summed E-state index contributed by atoms with van der Waals surface area (Å²) < 4.78 is 39.1. The molecule has 2 aromatic rings. The molecule has 1 aromatic heterocycles. The molecule has 0 unspecified atom stereocenters. The van der Waals surface area contributed by atoms with Crippen LogP contribution in [0.4, 0.5) is 13.2 Å². The molecule has 0 spiro atoms. The van der Waals surface area contributed by atoms with Gasteiger partial charge in [-0.3, -0.25) is 4.98 Å². The number of nitrogens with one attached hydrogen (secondary N) is 1. The number of piperidine rings is 1. The van der Waals surface area contributed by atoms with Crippen molar-refractivity contribution in [3.8, 4) is 0 Å². The highest BCUT2D eigenvalue weighted by Crippen LogP contribution is 2.38. The van der Waals surface area contributed by atoms with Gasteiger partial charge in [0.1, 0.15) is 0 Å². The van der Waals surface area contributed by atoms with E-state index in [0.29, 0.717) is 11.3 Å². The Balaban J connectivity index is 2.16. The van der Waals surface area contributed by atoms with E-state index in [1.165, 1.54) is 12.3 Å². The molecule has 2 heterocycles. The molecule has 20 heavy (non-hydrogen) atoms. The van der Waals surface area contributed by atoms with Gasteiger partial charge in [-0.25, -0.2) is 0 Å². The molecular weight excluding hydrogens is 265 g/mol. The van der Waals surface area contributed by atoms with E-state index in [-0.39, 0.29) is 5.52 Å². The summed E-state index contributed by atoms with van der Waals surface area (Å²) in [5.41, 5.74) is 0.407. The number of pyridine rings is 1. The number of aromatic nitrogens is 1. The molecule has 0 atom stereocenters. The lowest BCUT2D eigenvalue weighted by Crippen LogP contribution is -2.26. The second-order valence-corrected chi connectivity index (χ2v) is 5.12. The van der Waals surface area contributed by atoms with Crippen LogP contribution in [0.25, 0.3) is 10.9 Å². The minimum absolute atomic E-state index is 0.0658. The van der Waals surface area contributed by atoms with Crippen LogP contribution in [0.15, 0.2) is 30.5 Å². The van der Waals surface area contributed by atoms with Crippen molar-refractivity contribution in [2.45, 2.75) is 24.9 Å². The Bertz CT molecular complexity index is 616. The van der Waals surface area contributed by atoms with E-state index < -0.39 is 11.7 Å². The van der Waals surface area contributed by atoms with Gasteiger partial charge in [-0.1, -0.05) is 12.1 Å². The predicted octanol–water partition coefficient (Wildman–Crippen LogP) is 3.72. The molecule has 3 rings (SSSR count). The lowest BCUT2D eigenvalue weighted by Gasteiger charge is -2.24. The van der Waals surface area contributed by atoms with Crippen LogP contribution in [0.2, 0.25) is 0 Å². The molecule has 0 aliphatic carbocycles. The van der Waals surface area contributed by atoms with Gasteiger partial charge in [0.05, 0.1) is 11.1 Å². The quantitative estimate of drug-likeness (QED) is 0.861. The summed E-state index contributed by atoms with van der Waals surface area (Å²) in [6.07, 6.45) is -1.03. The van der Waals surface area contributed by atoms with Crippen molar-refractivity contribution in [2.75, 3.05) is 13.1 Å². The van der Waals surface area contributed by atoms with E-state index in [1.807, 2.05) is 0 Å². The summed E-state index contributed by atoms with van der Waals surface area (Å²) in [6, 6.07) is 6.25. The van der Waals surface area contributed by atoms with Crippen molar-refractivity contribution < 1.29 is 13.2 Å². The molecule has 0 amide bonds. The maximum atomic E-state index is 13.0. The highest BCUT2D eigenvalue weighted by molar-refractivity contribution is 5.86. The summed E-state index contributed by atoms with van der Waals surface area (Å²) >= 11 is 0. The fourth-order valence-corrected chi connectivity index (χ4v) is 2.91. The minimum Gasteiger partial charge on any atom is -0.317 e. The van der Waals surface area contributed by atoms with E-state index in [4.69, 9.17) is 0 Å². The third kappa shape index (κ3) is 2.38. The highest BCUT2D eigenvalue weighted by atomic mass is 19.4. The Morgan fingerprint density at radius 1 is 1.10 bits per heavy atom. The van der Waals surface area contributed by atoms with E-state index in [2.05, 4.69) is 10.3 Å². The molecule has 1 aromatic carbocycles. The zero-order chi connectivity index (χ0) is 14.2. The number of fused-ring (bicyclic) bond motifs is 1. The van der Waals surface area contributed by atoms with Gasteiger partial charge in [0, 0.05) is 11.6 Å². The Labute approximate surface area is 115 Å². The standard InChI is InChI=1S/C15H15F3N2/c16-15(17,18)13-4-3-11(10-5-8-19-9-6-10)12-2-1-7-20-14(12)13/h1-4,7,10,19H,5-6,8-9H2. The lowest BCUT2D eigenvalue weighted by atomic mass is 9.87. The molecule has 1 fully saturated rings. The number of alkyl halides is 3. The SMILES string of the molecule is FC(F)(F)c1ccc(C2CCNCC2)c2cccnc12. The second-order valence-electron chi connectivity index (χ2n) is 5.12. The Morgan fingerprint density at radius 2 is 1.85 bits per heavy atom. The van der Waals surface area contributed by atoms with Crippen LogP contribution in [-0.4, -0.2) is 18.1 Å². The van der Waals surface area contributed by atoms with Gasteiger partial charge in [0.25, 0.3) is 0 Å². The van der Waals surface area contributed by atoms with Gasteiger partial charge in [-0.15, -0.1) is 0 Å². The van der Waals surface area contributed by atoms with Crippen molar-refractivity contribution in [1.29, 1.82) is 0 Å². The zero-order valence-electron chi connectivity index (χ0n) is 10.9. The summed E-state index contributed by atoms with van der Waals surface area (Å²) in [4.78, 5) is 3.97. The zero-order valence-corrected chi connectivity index (χ0v) is 10.9. The average molecular weight is 280 g/mol. The first-order valence-electron chi connectivity index (χ1n) is 6.73. The number of rotatable bonds is 1. The Kier molecular flexibility index (Phi) is 3.38. The van der Waals surface area contributed by atoms with Gasteiger partial charge in [-0.05, 0) is 49.5 Å². The van der Waals surface area contributed by atoms with Gasteiger partial charge in [0.2, 0.25) is 0 Å². The fraction of sp³-hybridized carbons (Fsp3) is 0.400. The average Bonchev–Trinajstić information content (AvgIpc) is 2.46. The summed E-state index contributed by atoms with van der Waals surface area (Å²) in [6.45, 7) is 1.82. The summed E-state index contributed by atoms with van der Waals surface area (Å²) in [7, 11) is 0. The van der Waals surface area contributed by atoms with E-state index in [0.717, 1.165) is 31.5 Å². The van der Waals surface area contributed by atoms with Crippen molar-refractivity contribution in [3.05, 3.63) is 41.6 Å². The van der Waals surface area contributed by atoms with Crippen molar-refractivity contribution >= 4 is 10.9 Å². The first-order valence-corrected chi connectivity index (χ1v) is 6.73. The van der Waals surface area contributed by atoms with Crippen molar-refractivity contribution in [3.63, 3.8) is 0 Å². The number of benzene rings is 1. The van der Waals surface area contributed by atoms with Crippen LogP contribution in [-0.2, 0) is 6.18 Å². The molecule has 1 saturated heterocycles. The van der Waals surface area contributed by atoms with Crippen LogP contribution >= 0.6 is 0 Å². The molecular formula is C15H15F3N2. The summed E-state index contributed by atoms with van der Waals surface area (Å²) in [5.74, 6) is 0.310. The number of nitrogens with zero attached hydrogens (tertiary/aromatic N) is 1. The number of halogens is 3. The van der Waals surface area contributed by atoms with Crippen LogP contribution in [0, 0.1) is 0 Å². The second kappa shape index (κ2) is 5.05. The third-order valence-corrected chi connectivity index (χ3v) is 3.89. The molecule has 1 aliphatic heterocycles. The van der Waals surface area contributed by atoms with Crippen LogP contribution in [0.3, 0.4) is 0 Å². The summed E-state index contributed by atoms with van der Waals surface area (Å²) in [5, 5.41) is 3.91. The molecule has 1 N–H and O–H groups in total. The number of hydrogen-bond acceptors (Lipinski definition) is 2. The molecule has 0 saturated carbocycles. The van der Waals surface area contributed by atoms with E-state index in [1.54, 1.807) is 18.2 Å². The van der Waals surface area contributed by atoms with Crippen molar-refractivity contribution in [1.82, 2.24) is 10.3 Å². The normalized spacial score (nSPS) is 17.6. The molecule has 0 radical (unpaired) electrons. The van der Waals surface area contributed by atoms with E-state index in [9.17, 15) is 13.2 Å². The van der Waals surface area contributed by atoms with Crippen LogP contribution in [0.1, 0.15) is 29.9 Å². The van der Waals surface area contributed by atoms with Crippen LogP contribution < -0.4 is 5.32 Å². The van der Waals surface area contributed by atoms with E-state index >= 15 is 0 Å². The molecule has 5 heteroatoms. The Hall–Kier alpha value is -1.62. The maximum absolute atomic E-state index is 13.0. The van der Waals surface area contributed by atoms with Gasteiger partial charge in [0.15, 0.2) is 0 Å². The Morgan fingerprint density at radius 3 is 2.55 bits per heavy atom. The highest BCUT2D eigenvalue weighted by Gasteiger charge is 2.34. The van der Waals surface area contributed by atoms with Gasteiger partial charge < -0.3 is 5.32 Å². The molecule has 2 nitrogen and oxygen atoms in total. The maximum Gasteiger partial charge on any atom is 0.418 e. The van der Waals surface area contributed by atoms with Gasteiger partial charge in [-0.2, -0.15) is 13.2 Å². The predicted molar refractivity (Wildman–Crippen MR) is 71.6 cm³/mol. The minimum atomic E-state index is -4.36. The molecule has 106 valence electrons. The fourth-order valence-electron chi connectivity index (χ4n) is 2.91. The smallest absolute Gasteiger partial charge is 0.317 e. The monoisotopic (exact) mass is 280 g/mol. The van der Waals surface area contributed by atoms with Crippen molar-refractivity contribution in [2.24, 2.45) is 0 Å². The molecule has 0 bridgehead atoms. The largest absolute Gasteiger partial charge is 0.418 e. The third-order valence-electron chi connectivity index (χ3n) is 3.89. The lowest BCUT2D eigenvalue weighted by molar-refractivity contribution is -0.136. The first kappa shape index (κ1) is 13.4.